The Morgan fingerprint density at radius 2 is 2.05 bits per heavy atom. The van der Waals surface area contributed by atoms with Gasteiger partial charge in [-0.1, -0.05) is 12.1 Å². The van der Waals surface area contributed by atoms with E-state index >= 15 is 0 Å². The number of benzene rings is 1. The number of amides is 1. The molecule has 1 amide bonds. The molecule has 1 heterocycles. The summed E-state index contributed by atoms with van der Waals surface area (Å²) in [6, 6.07) is 7.57. The fourth-order valence-corrected chi connectivity index (χ4v) is 2.02. The molecule has 0 bridgehead atoms. The maximum atomic E-state index is 10.6. The fourth-order valence-electron chi connectivity index (χ4n) is 2.02. The van der Waals surface area contributed by atoms with Crippen LogP contribution in [0.25, 0.3) is 0 Å². The minimum Gasteiger partial charge on any atom is -0.484 e. The Kier molecular flexibility index (Phi) is 4.94. The quantitative estimate of drug-likeness (QED) is 0.792. The summed E-state index contributed by atoms with van der Waals surface area (Å²) in [4.78, 5) is 10.6. The second-order valence-electron chi connectivity index (χ2n) is 4.92. The zero-order valence-corrected chi connectivity index (χ0v) is 12.3. The van der Waals surface area contributed by atoms with Gasteiger partial charge in [0.15, 0.2) is 6.61 Å². The lowest BCUT2D eigenvalue weighted by Crippen LogP contribution is -2.20. The second-order valence-corrected chi connectivity index (χ2v) is 4.92. The molecule has 0 fully saturated rings. The number of hydrogen-bond acceptors (Lipinski definition) is 4. The van der Waals surface area contributed by atoms with Crippen LogP contribution in [-0.4, -0.2) is 22.3 Å². The van der Waals surface area contributed by atoms with Gasteiger partial charge in [0.25, 0.3) is 5.91 Å². The van der Waals surface area contributed by atoms with Crippen LogP contribution in [-0.2, 0) is 24.9 Å². The van der Waals surface area contributed by atoms with Gasteiger partial charge in [0, 0.05) is 31.9 Å². The molecule has 2 aromatic rings. The van der Waals surface area contributed by atoms with Crippen molar-refractivity contribution < 1.29 is 9.53 Å². The number of nitrogens with two attached hydrogens (primary N) is 1. The van der Waals surface area contributed by atoms with Gasteiger partial charge < -0.3 is 15.8 Å². The average molecular weight is 288 g/mol. The predicted octanol–water partition coefficient (Wildman–Crippen LogP) is 0.882. The maximum absolute atomic E-state index is 10.6. The Balaban J connectivity index is 1.81. The third kappa shape index (κ3) is 4.61. The van der Waals surface area contributed by atoms with E-state index in [0.717, 1.165) is 24.3 Å². The number of nitrogens with zero attached hydrogens (tertiary/aromatic N) is 2. The summed E-state index contributed by atoms with van der Waals surface area (Å²) in [6.45, 7) is 3.43. The topological polar surface area (TPSA) is 82.2 Å². The van der Waals surface area contributed by atoms with Crippen LogP contribution >= 0.6 is 0 Å². The molecule has 0 radical (unpaired) electrons. The zero-order chi connectivity index (χ0) is 15.2. The van der Waals surface area contributed by atoms with Gasteiger partial charge in [0.2, 0.25) is 0 Å². The first-order valence-electron chi connectivity index (χ1n) is 6.74. The van der Waals surface area contributed by atoms with E-state index in [1.54, 1.807) is 0 Å². The Bertz CT molecular complexity index is 605. The van der Waals surface area contributed by atoms with Crippen molar-refractivity contribution in [1.29, 1.82) is 0 Å². The highest BCUT2D eigenvalue weighted by atomic mass is 16.5. The number of aromatic nitrogens is 2. The molecule has 6 heteroatoms. The minimum atomic E-state index is -0.479. The number of primary amides is 1. The van der Waals surface area contributed by atoms with Crippen LogP contribution in [0, 0.1) is 6.92 Å². The minimum absolute atomic E-state index is 0.0993. The molecule has 3 N–H and O–H groups in total. The summed E-state index contributed by atoms with van der Waals surface area (Å²) in [5.41, 5.74) is 8.40. The predicted molar refractivity (Wildman–Crippen MR) is 79.6 cm³/mol. The van der Waals surface area contributed by atoms with Crippen molar-refractivity contribution in [2.24, 2.45) is 12.8 Å². The van der Waals surface area contributed by atoms with Crippen molar-refractivity contribution in [3.05, 3.63) is 47.3 Å². The molecule has 1 aromatic heterocycles. The van der Waals surface area contributed by atoms with E-state index in [2.05, 4.69) is 10.4 Å². The number of carbonyl (C=O) groups excluding carboxylic acids is 1. The van der Waals surface area contributed by atoms with Gasteiger partial charge in [-0.2, -0.15) is 5.10 Å². The number of carbonyl (C=O) groups is 1. The molecular weight excluding hydrogens is 268 g/mol. The van der Waals surface area contributed by atoms with Crippen LogP contribution in [0.5, 0.6) is 5.75 Å². The van der Waals surface area contributed by atoms with E-state index < -0.39 is 5.91 Å². The first-order chi connectivity index (χ1) is 10.0. The smallest absolute Gasteiger partial charge is 0.255 e. The van der Waals surface area contributed by atoms with Crippen LogP contribution in [0.2, 0.25) is 0 Å². The Hall–Kier alpha value is -2.34. The normalized spacial score (nSPS) is 10.6. The molecule has 21 heavy (non-hydrogen) atoms. The van der Waals surface area contributed by atoms with Crippen molar-refractivity contribution in [3.63, 3.8) is 0 Å². The van der Waals surface area contributed by atoms with E-state index in [9.17, 15) is 4.79 Å². The van der Waals surface area contributed by atoms with Gasteiger partial charge in [0.05, 0.1) is 5.69 Å². The number of nitrogens with one attached hydrogen (secondary N) is 1. The van der Waals surface area contributed by atoms with E-state index in [4.69, 9.17) is 10.5 Å². The summed E-state index contributed by atoms with van der Waals surface area (Å²) in [5, 5.41) is 7.68. The SMILES string of the molecule is Cc1nn(C)cc1CNCc1ccc(OCC(N)=O)cc1. The molecule has 0 aliphatic heterocycles. The summed E-state index contributed by atoms with van der Waals surface area (Å²) in [6.07, 6.45) is 2.02. The third-order valence-electron chi connectivity index (χ3n) is 3.06. The Morgan fingerprint density at radius 3 is 2.62 bits per heavy atom. The first kappa shape index (κ1) is 15.1. The van der Waals surface area contributed by atoms with Crippen molar-refractivity contribution in [1.82, 2.24) is 15.1 Å². The van der Waals surface area contributed by atoms with Crippen LogP contribution in [0.1, 0.15) is 16.8 Å². The van der Waals surface area contributed by atoms with Crippen LogP contribution in [0.15, 0.2) is 30.5 Å². The number of ether oxygens (including phenoxy) is 1. The third-order valence-corrected chi connectivity index (χ3v) is 3.06. The second kappa shape index (κ2) is 6.90. The molecule has 0 aliphatic carbocycles. The van der Waals surface area contributed by atoms with E-state index in [0.29, 0.717) is 5.75 Å². The largest absolute Gasteiger partial charge is 0.484 e. The monoisotopic (exact) mass is 288 g/mol. The van der Waals surface area contributed by atoms with Crippen molar-refractivity contribution in [3.8, 4) is 5.75 Å². The molecule has 0 saturated heterocycles. The first-order valence-corrected chi connectivity index (χ1v) is 6.74. The molecule has 2 rings (SSSR count). The summed E-state index contributed by atoms with van der Waals surface area (Å²) in [5.74, 6) is 0.160. The molecule has 0 saturated carbocycles. The molecule has 6 nitrogen and oxygen atoms in total. The molecule has 0 aliphatic rings. The highest BCUT2D eigenvalue weighted by Crippen LogP contribution is 2.12. The van der Waals surface area contributed by atoms with Crippen molar-refractivity contribution in [2.45, 2.75) is 20.0 Å². The van der Waals surface area contributed by atoms with Crippen LogP contribution in [0.4, 0.5) is 0 Å². The lowest BCUT2D eigenvalue weighted by atomic mass is 10.2. The van der Waals surface area contributed by atoms with Crippen LogP contribution < -0.4 is 15.8 Å². The number of rotatable bonds is 7. The summed E-state index contributed by atoms with van der Waals surface area (Å²) >= 11 is 0. The van der Waals surface area contributed by atoms with Gasteiger partial charge in [-0.05, 0) is 24.6 Å². The molecule has 0 unspecified atom stereocenters. The molecule has 112 valence electrons. The van der Waals surface area contributed by atoms with Gasteiger partial charge in [-0.3, -0.25) is 9.48 Å². The standard InChI is InChI=1S/C15H20N4O2/c1-11-13(9-19(2)18-11)8-17-7-12-3-5-14(6-4-12)21-10-15(16)20/h3-6,9,17H,7-8,10H2,1-2H3,(H2,16,20). The molecule has 1 aromatic carbocycles. The van der Waals surface area contributed by atoms with Gasteiger partial charge in [0.1, 0.15) is 5.75 Å². The van der Waals surface area contributed by atoms with Crippen LogP contribution in [0.3, 0.4) is 0 Å². The lowest BCUT2D eigenvalue weighted by Gasteiger charge is -2.06. The maximum Gasteiger partial charge on any atom is 0.255 e. The highest BCUT2D eigenvalue weighted by Gasteiger charge is 2.02. The van der Waals surface area contributed by atoms with E-state index in [1.165, 1.54) is 5.56 Å². The fraction of sp³-hybridized carbons (Fsp3) is 0.333. The van der Waals surface area contributed by atoms with Gasteiger partial charge >= 0.3 is 0 Å². The average Bonchev–Trinajstić information content (AvgIpc) is 2.76. The van der Waals surface area contributed by atoms with E-state index in [-0.39, 0.29) is 6.61 Å². The van der Waals surface area contributed by atoms with Gasteiger partial charge in [-0.25, -0.2) is 0 Å². The Labute approximate surface area is 123 Å². The van der Waals surface area contributed by atoms with Crippen molar-refractivity contribution >= 4 is 5.91 Å². The summed E-state index contributed by atoms with van der Waals surface area (Å²) in [7, 11) is 1.92. The van der Waals surface area contributed by atoms with Gasteiger partial charge in [-0.15, -0.1) is 0 Å². The molecule has 0 atom stereocenters. The molecular formula is C15H20N4O2. The van der Waals surface area contributed by atoms with Crippen molar-refractivity contribution in [2.75, 3.05) is 6.61 Å². The summed E-state index contributed by atoms with van der Waals surface area (Å²) < 4.78 is 7.03. The number of hydrogen-bond donors (Lipinski definition) is 2. The zero-order valence-electron chi connectivity index (χ0n) is 12.3. The number of aryl methyl sites for hydroxylation is 2. The highest BCUT2D eigenvalue weighted by molar-refractivity contribution is 5.75. The molecule has 0 spiro atoms. The van der Waals surface area contributed by atoms with E-state index in [1.807, 2.05) is 49.1 Å². The Morgan fingerprint density at radius 1 is 1.33 bits per heavy atom. The lowest BCUT2D eigenvalue weighted by molar-refractivity contribution is -0.119.